The smallest absolute Gasteiger partial charge is 0.288 e. The lowest BCUT2D eigenvalue weighted by Crippen LogP contribution is -2.44. The molecular weight excluding hydrogens is 254 g/mol. The van der Waals surface area contributed by atoms with Gasteiger partial charge in [0.15, 0.2) is 0 Å². The Morgan fingerprint density at radius 2 is 1.75 bits per heavy atom. The molecule has 0 spiro atoms. The van der Waals surface area contributed by atoms with Crippen LogP contribution >= 0.6 is 0 Å². The fourth-order valence-electron chi connectivity index (χ4n) is 5.28. The topological polar surface area (TPSA) is 82.0 Å². The summed E-state index contributed by atoms with van der Waals surface area (Å²) in [6.07, 6.45) is 7.79. The fraction of sp³-hybridized carbons (Fsp3) is 0.667. The van der Waals surface area contributed by atoms with Gasteiger partial charge in [0.2, 0.25) is 0 Å². The third kappa shape index (κ3) is 1.72. The summed E-state index contributed by atoms with van der Waals surface area (Å²) in [6, 6.07) is 1.68. The fourth-order valence-corrected chi connectivity index (χ4v) is 5.28. The van der Waals surface area contributed by atoms with E-state index in [2.05, 4.69) is 4.98 Å². The van der Waals surface area contributed by atoms with Crippen molar-refractivity contribution in [2.24, 2.45) is 23.7 Å². The van der Waals surface area contributed by atoms with Gasteiger partial charge in [0, 0.05) is 11.6 Å². The van der Waals surface area contributed by atoms with E-state index in [0.717, 1.165) is 17.4 Å². The van der Waals surface area contributed by atoms with Crippen LogP contribution in [0.25, 0.3) is 0 Å². The van der Waals surface area contributed by atoms with Crippen molar-refractivity contribution in [3.63, 3.8) is 0 Å². The molecule has 0 saturated heterocycles. The molecule has 5 rings (SSSR count). The van der Waals surface area contributed by atoms with Gasteiger partial charge in [-0.2, -0.15) is 0 Å². The molecule has 4 aliphatic carbocycles. The maximum Gasteiger partial charge on any atom is 0.288 e. The van der Waals surface area contributed by atoms with Gasteiger partial charge in [-0.1, -0.05) is 0 Å². The van der Waals surface area contributed by atoms with Gasteiger partial charge in [-0.15, -0.1) is 0 Å². The molecule has 0 aromatic carbocycles. The number of rotatable bonds is 2. The molecule has 2 N–H and O–H groups in total. The molecule has 0 atom stereocenters. The molecule has 4 aliphatic rings. The summed E-state index contributed by atoms with van der Waals surface area (Å²) < 4.78 is 0. The first-order chi connectivity index (χ1) is 9.61. The van der Waals surface area contributed by atoms with Gasteiger partial charge in [-0.3, -0.25) is 10.1 Å². The predicted molar refractivity (Wildman–Crippen MR) is 75.1 cm³/mol. The number of anilines is 1. The standard InChI is InChI=1S/C15H19N3O2/c16-15-13(6-12(7-17-15)18(19)20)14-10-2-8-1-9(4-10)5-11(14)3-8/h6-11,14H,1-5H2,(H2,16,17). The Kier molecular flexibility index (Phi) is 2.53. The molecule has 5 nitrogen and oxygen atoms in total. The molecule has 1 aromatic heterocycles. The van der Waals surface area contributed by atoms with E-state index in [9.17, 15) is 10.1 Å². The van der Waals surface area contributed by atoms with Crippen LogP contribution in [0.4, 0.5) is 11.5 Å². The molecule has 0 amide bonds. The van der Waals surface area contributed by atoms with Crippen LogP contribution in [0.3, 0.4) is 0 Å². The van der Waals surface area contributed by atoms with E-state index < -0.39 is 0 Å². The van der Waals surface area contributed by atoms with Crippen LogP contribution in [0.1, 0.15) is 43.6 Å². The normalized spacial score (nSPS) is 38.1. The quantitative estimate of drug-likeness (QED) is 0.663. The summed E-state index contributed by atoms with van der Waals surface area (Å²) in [5.74, 6) is 4.00. The second-order valence-corrected chi connectivity index (χ2v) is 6.88. The molecule has 4 fully saturated rings. The van der Waals surface area contributed by atoms with E-state index in [1.807, 2.05) is 0 Å². The highest BCUT2D eigenvalue weighted by atomic mass is 16.6. The largest absolute Gasteiger partial charge is 0.383 e. The van der Waals surface area contributed by atoms with Crippen LogP contribution in [0.15, 0.2) is 12.3 Å². The molecule has 4 bridgehead atoms. The van der Waals surface area contributed by atoms with Gasteiger partial charge in [0.1, 0.15) is 12.0 Å². The monoisotopic (exact) mass is 273 g/mol. The first-order valence-electron chi connectivity index (χ1n) is 7.51. The number of nitrogens with two attached hydrogens (primary N) is 1. The summed E-state index contributed by atoms with van der Waals surface area (Å²) in [4.78, 5) is 14.7. The SMILES string of the molecule is Nc1ncc([N+](=O)[O-])cc1C1C2CC3CC(C2)CC1C3. The Labute approximate surface area is 117 Å². The summed E-state index contributed by atoms with van der Waals surface area (Å²) in [6.45, 7) is 0. The molecule has 1 heterocycles. The van der Waals surface area contributed by atoms with E-state index in [0.29, 0.717) is 23.6 Å². The maximum atomic E-state index is 11.0. The second-order valence-electron chi connectivity index (χ2n) is 6.88. The third-order valence-electron chi connectivity index (χ3n) is 5.73. The molecule has 106 valence electrons. The molecule has 4 saturated carbocycles. The van der Waals surface area contributed by atoms with Crippen molar-refractivity contribution in [2.75, 3.05) is 5.73 Å². The molecule has 1 aromatic rings. The first-order valence-corrected chi connectivity index (χ1v) is 7.51. The number of hydrogen-bond donors (Lipinski definition) is 1. The van der Waals surface area contributed by atoms with Crippen molar-refractivity contribution >= 4 is 11.5 Å². The summed E-state index contributed by atoms with van der Waals surface area (Å²) in [7, 11) is 0. The molecule has 0 aliphatic heterocycles. The van der Waals surface area contributed by atoms with Gasteiger partial charge in [-0.25, -0.2) is 4.98 Å². The second kappa shape index (κ2) is 4.17. The van der Waals surface area contributed by atoms with Crippen molar-refractivity contribution in [1.82, 2.24) is 4.98 Å². The Morgan fingerprint density at radius 1 is 1.15 bits per heavy atom. The highest BCUT2D eigenvalue weighted by Crippen LogP contribution is 2.60. The highest BCUT2D eigenvalue weighted by Gasteiger charge is 2.49. The number of nitrogens with zero attached hydrogens (tertiary/aromatic N) is 2. The molecule has 20 heavy (non-hydrogen) atoms. The van der Waals surface area contributed by atoms with E-state index in [-0.39, 0.29) is 10.6 Å². The average Bonchev–Trinajstić information content (AvgIpc) is 2.39. The van der Waals surface area contributed by atoms with Crippen molar-refractivity contribution in [3.05, 3.63) is 27.9 Å². The Balaban J connectivity index is 1.74. The number of nitro groups is 1. The molecular formula is C15H19N3O2. The molecule has 5 heteroatoms. The Morgan fingerprint density at radius 3 is 2.30 bits per heavy atom. The van der Waals surface area contributed by atoms with Crippen molar-refractivity contribution in [2.45, 2.75) is 38.0 Å². The van der Waals surface area contributed by atoms with Gasteiger partial charge < -0.3 is 5.73 Å². The first kappa shape index (κ1) is 12.1. The Hall–Kier alpha value is -1.65. The predicted octanol–water partition coefficient (Wildman–Crippen LogP) is 3.11. The summed E-state index contributed by atoms with van der Waals surface area (Å²) in [5.41, 5.74) is 7.05. The Bertz CT molecular complexity index is 544. The maximum absolute atomic E-state index is 11.0. The van der Waals surface area contributed by atoms with Crippen molar-refractivity contribution < 1.29 is 4.92 Å². The lowest BCUT2D eigenvalue weighted by atomic mass is 9.51. The summed E-state index contributed by atoms with van der Waals surface area (Å²) >= 11 is 0. The molecule has 0 radical (unpaired) electrons. The van der Waals surface area contributed by atoms with Crippen LogP contribution in [0.5, 0.6) is 0 Å². The average molecular weight is 273 g/mol. The number of hydrogen-bond acceptors (Lipinski definition) is 4. The number of aromatic nitrogens is 1. The van der Waals surface area contributed by atoms with E-state index in [1.54, 1.807) is 6.07 Å². The zero-order valence-electron chi connectivity index (χ0n) is 11.4. The van der Waals surface area contributed by atoms with E-state index >= 15 is 0 Å². The summed E-state index contributed by atoms with van der Waals surface area (Å²) in [5, 5.41) is 11.0. The minimum Gasteiger partial charge on any atom is -0.383 e. The van der Waals surface area contributed by atoms with Crippen LogP contribution in [0.2, 0.25) is 0 Å². The van der Waals surface area contributed by atoms with Gasteiger partial charge in [0.25, 0.3) is 5.69 Å². The van der Waals surface area contributed by atoms with Crippen molar-refractivity contribution in [3.8, 4) is 0 Å². The van der Waals surface area contributed by atoms with Crippen LogP contribution in [-0.4, -0.2) is 9.91 Å². The lowest BCUT2D eigenvalue weighted by Gasteiger charge is -2.54. The van der Waals surface area contributed by atoms with Crippen LogP contribution in [-0.2, 0) is 0 Å². The van der Waals surface area contributed by atoms with Crippen LogP contribution < -0.4 is 5.73 Å². The third-order valence-corrected chi connectivity index (χ3v) is 5.73. The molecule has 0 unspecified atom stereocenters. The zero-order valence-corrected chi connectivity index (χ0v) is 11.4. The minimum absolute atomic E-state index is 0.0722. The zero-order chi connectivity index (χ0) is 13.9. The lowest BCUT2D eigenvalue weighted by molar-refractivity contribution is -0.385. The highest BCUT2D eigenvalue weighted by molar-refractivity contribution is 5.48. The van der Waals surface area contributed by atoms with Crippen molar-refractivity contribution in [1.29, 1.82) is 0 Å². The number of pyridine rings is 1. The van der Waals surface area contributed by atoms with Gasteiger partial charge in [0.05, 0.1) is 4.92 Å². The van der Waals surface area contributed by atoms with E-state index in [1.165, 1.54) is 38.3 Å². The van der Waals surface area contributed by atoms with E-state index in [4.69, 9.17) is 5.73 Å². The van der Waals surface area contributed by atoms with Gasteiger partial charge in [-0.05, 0) is 61.7 Å². The van der Waals surface area contributed by atoms with Crippen LogP contribution in [0, 0.1) is 33.8 Å². The number of nitrogen functional groups attached to an aromatic ring is 1. The van der Waals surface area contributed by atoms with Gasteiger partial charge >= 0.3 is 0 Å². The minimum atomic E-state index is -0.369.